The molecule has 72 valence electrons. The third-order valence-corrected chi connectivity index (χ3v) is 2.83. The normalized spacial score (nSPS) is 13.0. The van der Waals surface area contributed by atoms with E-state index in [1.807, 2.05) is 12.3 Å². The number of aromatic nitrogens is 1. The molecule has 0 aliphatic carbocycles. The van der Waals surface area contributed by atoms with Crippen molar-refractivity contribution in [3.63, 3.8) is 0 Å². The van der Waals surface area contributed by atoms with Crippen LogP contribution in [0.5, 0.6) is 0 Å². The zero-order chi connectivity index (χ0) is 9.97. The first-order chi connectivity index (χ1) is 6.83. The molecule has 0 unspecified atom stereocenters. The Hall–Kier alpha value is -1.37. The summed E-state index contributed by atoms with van der Waals surface area (Å²) < 4.78 is 0. The molecule has 2 rings (SSSR count). The zero-order valence-electron chi connectivity index (χ0n) is 8.70. The summed E-state index contributed by atoms with van der Waals surface area (Å²) in [6.45, 7) is 4.49. The van der Waals surface area contributed by atoms with Crippen molar-refractivity contribution in [3.8, 4) is 0 Å². The molecular weight excluding hydrogens is 170 g/mol. The average molecular weight is 185 g/mol. The van der Waals surface area contributed by atoms with Crippen molar-refractivity contribution in [3.05, 3.63) is 42.1 Å². The minimum absolute atomic E-state index is 0.614. The van der Waals surface area contributed by atoms with Crippen molar-refractivity contribution >= 4 is 10.9 Å². The van der Waals surface area contributed by atoms with Crippen molar-refractivity contribution in [2.75, 3.05) is 0 Å². The lowest BCUT2D eigenvalue weighted by atomic mass is 9.95. The largest absolute Gasteiger partial charge is 0.256 e. The molecule has 1 heteroatoms. The summed E-state index contributed by atoms with van der Waals surface area (Å²) in [7, 11) is 0. The fraction of sp³-hybridized carbons (Fsp3) is 0.308. The third kappa shape index (κ3) is 1.50. The van der Waals surface area contributed by atoms with Crippen LogP contribution in [0.25, 0.3) is 10.9 Å². The predicted octanol–water partition coefficient (Wildman–Crippen LogP) is 3.75. The fourth-order valence-corrected chi connectivity index (χ4v) is 1.77. The van der Waals surface area contributed by atoms with Crippen LogP contribution in [0, 0.1) is 0 Å². The van der Waals surface area contributed by atoms with E-state index in [1.165, 1.54) is 17.4 Å². The van der Waals surface area contributed by atoms with Gasteiger partial charge in [0.05, 0.1) is 5.52 Å². The van der Waals surface area contributed by atoms with Gasteiger partial charge in [-0.25, -0.2) is 0 Å². The first-order valence-electron chi connectivity index (χ1n) is 5.16. The summed E-state index contributed by atoms with van der Waals surface area (Å²) in [5, 5.41) is 1.30. The van der Waals surface area contributed by atoms with E-state index < -0.39 is 0 Å². The highest BCUT2D eigenvalue weighted by atomic mass is 14.6. The van der Waals surface area contributed by atoms with Crippen LogP contribution >= 0.6 is 0 Å². The van der Waals surface area contributed by atoms with Crippen LogP contribution < -0.4 is 0 Å². The second kappa shape index (κ2) is 3.79. The van der Waals surface area contributed by atoms with E-state index in [0.717, 1.165) is 5.52 Å². The van der Waals surface area contributed by atoms with Gasteiger partial charge >= 0.3 is 0 Å². The number of pyridine rings is 1. The van der Waals surface area contributed by atoms with Crippen molar-refractivity contribution in [2.24, 2.45) is 0 Å². The van der Waals surface area contributed by atoms with Crippen LogP contribution in [0.15, 0.2) is 36.5 Å². The molecule has 1 heterocycles. The average Bonchev–Trinajstić information content (AvgIpc) is 2.27. The lowest BCUT2D eigenvalue weighted by molar-refractivity contribution is 0.739. The molecule has 1 atom stereocenters. The zero-order valence-corrected chi connectivity index (χ0v) is 8.70. The summed E-state index contributed by atoms with van der Waals surface area (Å²) in [6.07, 6.45) is 3.08. The number of rotatable bonds is 2. The molecule has 0 radical (unpaired) electrons. The molecule has 0 saturated carbocycles. The smallest absolute Gasteiger partial charge is 0.0704 e. The summed E-state index contributed by atoms with van der Waals surface area (Å²) in [6, 6.07) is 10.5. The van der Waals surface area contributed by atoms with Gasteiger partial charge in [0.1, 0.15) is 0 Å². The SMILES string of the molecule is CC[C@@H](C)c1ccnc2ccccc12. The minimum atomic E-state index is 0.614. The van der Waals surface area contributed by atoms with Gasteiger partial charge in [-0.05, 0) is 30.0 Å². The maximum absolute atomic E-state index is 4.36. The number of benzene rings is 1. The summed E-state index contributed by atoms with van der Waals surface area (Å²) in [5.74, 6) is 0.614. The van der Waals surface area contributed by atoms with Gasteiger partial charge in [0.15, 0.2) is 0 Å². The van der Waals surface area contributed by atoms with Gasteiger partial charge in [-0.3, -0.25) is 4.98 Å². The molecule has 0 N–H and O–H groups in total. The summed E-state index contributed by atoms with van der Waals surface area (Å²) >= 11 is 0. The van der Waals surface area contributed by atoms with E-state index in [0.29, 0.717) is 5.92 Å². The van der Waals surface area contributed by atoms with Crippen LogP contribution in [-0.2, 0) is 0 Å². The van der Waals surface area contributed by atoms with Crippen LogP contribution in [0.3, 0.4) is 0 Å². The Morgan fingerprint density at radius 3 is 2.79 bits per heavy atom. The lowest BCUT2D eigenvalue weighted by Crippen LogP contribution is -1.93. The Bertz CT molecular complexity index is 429. The first kappa shape index (κ1) is 9.20. The molecule has 14 heavy (non-hydrogen) atoms. The lowest BCUT2D eigenvalue weighted by Gasteiger charge is -2.11. The molecule has 0 aliphatic rings. The number of nitrogens with zero attached hydrogens (tertiary/aromatic N) is 1. The number of para-hydroxylation sites is 1. The van der Waals surface area contributed by atoms with Crippen molar-refractivity contribution in [2.45, 2.75) is 26.2 Å². The highest BCUT2D eigenvalue weighted by Gasteiger charge is 2.06. The van der Waals surface area contributed by atoms with Gasteiger partial charge in [0, 0.05) is 11.6 Å². The topological polar surface area (TPSA) is 12.9 Å². The van der Waals surface area contributed by atoms with Gasteiger partial charge in [-0.2, -0.15) is 0 Å². The molecule has 0 bridgehead atoms. The highest BCUT2D eigenvalue weighted by Crippen LogP contribution is 2.25. The molecule has 2 aromatic rings. The fourth-order valence-electron chi connectivity index (χ4n) is 1.77. The van der Waals surface area contributed by atoms with Crippen LogP contribution in [-0.4, -0.2) is 4.98 Å². The molecule has 0 saturated heterocycles. The Morgan fingerprint density at radius 1 is 1.21 bits per heavy atom. The Morgan fingerprint density at radius 2 is 2.00 bits per heavy atom. The molecule has 0 fully saturated rings. The number of fused-ring (bicyclic) bond motifs is 1. The molecule has 1 aromatic carbocycles. The molecule has 0 amide bonds. The second-order valence-electron chi connectivity index (χ2n) is 3.73. The highest BCUT2D eigenvalue weighted by molar-refractivity contribution is 5.82. The van der Waals surface area contributed by atoms with Gasteiger partial charge < -0.3 is 0 Å². The van der Waals surface area contributed by atoms with E-state index in [9.17, 15) is 0 Å². The van der Waals surface area contributed by atoms with E-state index in [4.69, 9.17) is 0 Å². The quantitative estimate of drug-likeness (QED) is 0.694. The van der Waals surface area contributed by atoms with E-state index in [-0.39, 0.29) is 0 Å². The Kier molecular flexibility index (Phi) is 2.49. The standard InChI is InChI=1S/C13H15N/c1-3-10(2)11-8-9-14-13-7-5-4-6-12(11)13/h4-10H,3H2,1-2H3/t10-/m1/s1. The van der Waals surface area contributed by atoms with E-state index in [2.05, 4.69) is 43.1 Å². The molecular formula is C13H15N. The van der Waals surface area contributed by atoms with Crippen LogP contribution in [0.1, 0.15) is 31.7 Å². The van der Waals surface area contributed by atoms with Crippen LogP contribution in [0.2, 0.25) is 0 Å². The second-order valence-corrected chi connectivity index (χ2v) is 3.73. The Balaban J connectivity index is 2.65. The Labute approximate surface area is 84.8 Å². The van der Waals surface area contributed by atoms with Crippen LogP contribution in [0.4, 0.5) is 0 Å². The first-order valence-corrected chi connectivity index (χ1v) is 5.16. The third-order valence-electron chi connectivity index (χ3n) is 2.83. The summed E-state index contributed by atoms with van der Waals surface area (Å²) in [5.41, 5.74) is 2.52. The van der Waals surface area contributed by atoms with E-state index in [1.54, 1.807) is 0 Å². The van der Waals surface area contributed by atoms with Crippen molar-refractivity contribution < 1.29 is 0 Å². The maximum Gasteiger partial charge on any atom is 0.0704 e. The molecule has 0 aliphatic heterocycles. The van der Waals surface area contributed by atoms with E-state index >= 15 is 0 Å². The predicted molar refractivity (Wildman–Crippen MR) is 60.4 cm³/mol. The van der Waals surface area contributed by atoms with Gasteiger partial charge in [0.2, 0.25) is 0 Å². The van der Waals surface area contributed by atoms with Crippen molar-refractivity contribution in [1.29, 1.82) is 0 Å². The van der Waals surface area contributed by atoms with Gasteiger partial charge in [-0.1, -0.05) is 32.0 Å². The number of hydrogen-bond acceptors (Lipinski definition) is 1. The molecule has 1 aromatic heterocycles. The van der Waals surface area contributed by atoms with Gasteiger partial charge in [0.25, 0.3) is 0 Å². The van der Waals surface area contributed by atoms with Gasteiger partial charge in [-0.15, -0.1) is 0 Å². The minimum Gasteiger partial charge on any atom is -0.256 e. The molecule has 1 nitrogen and oxygen atoms in total. The molecule has 0 spiro atoms. The van der Waals surface area contributed by atoms with Crippen molar-refractivity contribution in [1.82, 2.24) is 4.98 Å². The summed E-state index contributed by atoms with van der Waals surface area (Å²) in [4.78, 5) is 4.36. The monoisotopic (exact) mass is 185 g/mol. The number of hydrogen-bond donors (Lipinski definition) is 0. The maximum atomic E-state index is 4.36.